The first-order valence-electron chi connectivity index (χ1n) is 6.61. The second-order valence-corrected chi connectivity index (χ2v) is 5.13. The predicted octanol–water partition coefficient (Wildman–Crippen LogP) is 2.55. The second-order valence-electron chi connectivity index (χ2n) is 5.13. The minimum atomic E-state index is -2.29. The van der Waals surface area contributed by atoms with Gasteiger partial charge in [0.15, 0.2) is 0 Å². The van der Waals surface area contributed by atoms with Crippen molar-refractivity contribution >= 4 is 5.78 Å². The van der Waals surface area contributed by atoms with E-state index in [2.05, 4.69) is 19.9 Å². The van der Waals surface area contributed by atoms with E-state index < -0.39 is 12.3 Å². The van der Waals surface area contributed by atoms with Crippen LogP contribution in [-0.2, 0) is 0 Å². The fourth-order valence-corrected chi connectivity index (χ4v) is 2.63. The van der Waals surface area contributed by atoms with E-state index in [1.165, 1.54) is 6.33 Å². The average Bonchev–Trinajstić information content (AvgIpc) is 3.17. The predicted molar refractivity (Wildman–Crippen MR) is 70.9 cm³/mol. The highest BCUT2D eigenvalue weighted by molar-refractivity contribution is 5.60. The molecule has 0 aliphatic heterocycles. The van der Waals surface area contributed by atoms with Crippen molar-refractivity contribution in [1.82, 2.24) is 24.3 Å². The van der Waals surface area contributed by atoms with Gasteiger partial charge in [-0.05, 0) is 12.5 Å². The highest BCUT2D eigenvalue weighted by atomic mass is 19.3. The Morgan fingerprint density at radius 3 is 2.76 bits per heavy atom. The Kier molecular flexibility index (Phi) is 2.66. The molecule has 0 unspecified atom stereocenters. The lowest BCUT2D eigenvalue weighted by Crippen LogP contribution is -2.02. The minimum absolute atomic E-state index is 0.145. The molecule has 0 bridgehead atoms. The number of fused-ring (bicyclic) bond motifs is 1. The lowest BCUT2D eigenvalue weighted by Gasteiger charge is -2.08. The van der Waals surface area contributed by atoms with Crippen LogP contribution in [0.2, 0.25) is 0 Å². The molecule has 3 heterocycles. The molecule has 4 rings (SSSR count). The normalized spacial score (nSPS) is 21.1. The Hall–Kier alpha value is -2.44. The van der Waals surface area contributed by atoms with Crippen LogP contribution in [0.3, 0.4) is 0 Å². The zero-order valence-electron chi connectivity index (χ0n) is 10.9. The van der Waals surface area contributed by atoms with E-state index in [-0.39, 0.29) is 5.92 Å². The molecule has 5 nitrogen and oxygen atoms in total. The van der Waals surface area contributed by atoms with Gasteiger partial charge in [0.1, 0.15) is 6.33 Å². The summed E-state index contributed by atoms with van der Waals surface area (Å²) in [5.41, 5.74) is 2.23. The van der Waals surface area contributed by atoms with Crippen molar-refractivity contribution in [2.24, 2.45) is 5.92 Å². The van der Waals surface area contributed by atoms with E-state index in [0.717, 1.165) is 11.3 Å². The van der Waals surface area contributed by atoms with Crippen molar-refractivity contribution in [2.45, 2.75) is 18.8 Å². The average molecular weight is 287 g/mol. The zero-order valence-corrected chi connectivity index (χ0v) is 10.9. The Labute approximate surface area is 118 Å². The number of imidazole rings is 1. The van der Waals surface area contributed by atoms with Gasteiger partial charge in [0.2, 0.25) is 12.2 Å². The quantitative estimate of drug-likeness (QED) is 0.743. The van der Waals surface area contributed by atoms with Gasteiger partial charge < -0.3 is 0 Å². The summed E-state index contributed by atoms with van der Waals surface area (Å²) < 4.78 is 27.5. The number of hydrogen-bond acceptors (Lipinski definition) is 4. The Balaban J connectivity index is 1.84. The number of hydrogen-bond donors (Lipinski definition) is 0. The molecule has 1 aliphatic carbocycles. The van der Waals surface area contributed by atoms with Gasteiger partial charge in [-0.15, -0.1) is 0 Å². The number of aromatic nitrogens is 5. The summed E-state index contributed by atoms with van der Waals surface area (Å²) in [6.45, 7) is 0. The lowest BCUT2D eigenvalue weighted by atomic mass is 10.1. The maximum Gasteiger partial charge on any atom is 0.242 e. The van der Waals surface area contributed by atoms with Gasteiger partial charge in [-0.3, -0.25) is 4.40 Å². The second kappa shape index (κ2) is 4.54. The van der Waals surface area contributed by atoms with Gasteiger partial charge in [-0.2, -0.15) is 0 Å². The van der Waals surface area contributed by atoms with Crippen molar-refractivity contribution in [3.63, 3.8) is 0 Å². The third-order valence-corrected chi connectivity index (χ3v) is 3.80. The number of alkyl halides is 2. The molecule has 0 N–H and O–H groups in total. The first kappa shape index (κ1) is 12.3. The first-order valence-corrected chi connectivity index (χ1v) is 6.61. The minimum Gasteiger partial charge on any atom is -0.288 e. The van der Waals surface area contributed by atoms with Crippen LogP contribution in [0.1, 0.15) is 18.0 Å². The molecule has 21 heavy (non-hydrogen) atoms. The van der Waals surface area contributed by atoms with Crippen LogP contribution in [0, 0.1) is 5.92 Å². The van der Waals surface area contributed by atoms with Crippen molar-refractivity contribution in [3.05, 3.63) is 42.9 Å². The van der Waals surface area contributed by atoms with Crippen LogP contribution in [0.4, 0.5) is 8.78 Å². The molecular formula is C14H11F2N5. The van der Waals surface area contributed by atoms with E-state index in [1.807, 2.05) is 6.07 Å². The van der Waals surface area contributed by atoms with Crippen LogP contribution >= 0.6 is 0 Å². The molecule has 0 aromatic carbocycles. The van der Waals surface area contributed by atoms with Crippen LogP contribution in [0.15, 0.2) is 37.2 Å². The van der Waals surface area contributed by atoms with Crippen molar-refractivity contribution in [2.75, 3.05) is 0 Å². The van der Waals surface area contributed by atoms with E-state index in [1.54, 1.807) is 29.2 Å². The van der Waals surface area contributed by atoms with Crippen LogP contribution < -0.4 is 0 Å². The molecular weight excluding hydrogens is 276 g/mol. The molecule has 3 aromatic heterocycles. The summed E-state index contributed by atoms with van der Waals surface area (Å²) >= 11 is 0. The van der Waals surface area contributed by atoms with Gasteiger partial charge in [0.25, 0.3) is 0 Å². The smallest absolute Gasteiger partial charge is 0.242 e. The van der Waals surface area contributed by atoms with E-state index in [9.17, 15) is 8.78 Å². The van der Waals surface area contributed by atoms with Gasteiger partial charge in [-0.25, -0.2) is 28.7 Å². The summed E-state index contributed by atoms with van der Waals surface area (Å²) in [6, 6.07) is 1.83. The molecule has 2 atom stereocenters. The first-order chi connectivity index (χ1) is 10.2. The molecule has 1 saturated carbocycles. The summed E-state index contributed by atoms with van der Waals surface area (Å²) in [5.74, 6) is -0.211. The molecule has 106 valence electrons. The largest absolute Gasteiger partial charge is 0.288 e. The molecule has 0 spiro atoms. The Morgan fingerprint density at radius 1 is 1.24 bits per heavy atom. The van der Waals surface area contributed by atoms with Crippen LogP contribution in [0.25, 0.3) is 17.0 Å². The Morgan fingerprint density at radius 2 is 2.05 bits per heavy atom. The van der Waals surface area contributed by atoms with Crippen LogP contribution in [0.5, 0.6) is 0 Å². The SMILES string of the molecule is FC(F)[C@H]1C[C@@H]1c1cc(-c2cncnc2)nc2nccn12. The monoisotopic (exact) mass is 287 g/mol. The maximum atomic E-state index is 12.8. The van der Waals surface area contributed by atoms with E-state index in [4.69, 9.17) is 0 Å². The van der Waals surface area contributed by atoms with Crippen molar-refractivity contribution in [3.8, 4) is 11.3 Å². The fourth-order valence-electron chi connectivity index (χ4n) is 2.63. The number of rotatable bonds is 3. The highest BCUT2D eigenvalue weighted by Gasteiger charge is 2.46. The molecule has 7 heteroatoms. The van der Waals surface area contributed by atoms with E-state index >= 15 is 0 Å². The summed E-state index contributed by atoms with van der Waals surface area (Å²) in [6.07, 6.45) is 6.32. The van der Waals surface area contributed by atoms with Crippen molar-refractivity contribution in [1.29, 1.82) is 0 Å². The van der Waals surface area contributed by atoms with Gasteiger partial charge in [-0.1, -0.05) is 0 Å². The van der Waals surface area contributed by atoms with Gasteiger partial charge in [0, 0.05) is 47.9 Å². The molecule has 1 fully saturated rings. The lowest BCUT2D eigenvalue weighted by molar-refractivity contribution is 0.120. The zero-order chi connectivity index (χ0) is 14.4. The maximum absolute atomic E-state index is 12.8. The van der Waals surface area contributed by atoms with Crippen LogP contribution in [-0.4, -0.2) is 30.8 Å². The highest BCUT2D eigenvalue weighted by Crippen LogP contribution is 2.51. The molecule has 3 aromatic rings. The third kappa shape index (κ3) is 2.05. The van der Waals surface area contributed by atoms with Gasteiger partial charge >= 0.3 is 0 Å². The molecule has 0 radical (unpaired) electrons. The fraction of sp³-hybridized carbons (Fsp3) is 0.286. The number of halogens is 2. The topological polar surface area (TPSA) is 56.0 Å². The Bertz CT molecular complexity index is 786. The third-order valence-electron chi connectivity index (χ3n) is 3.80. The number of nitrogens with zero attached hydrogens (tertiary/aromatic N) is 5. The molecule has 0 saturated heterocycles. The molecule has 0 amide bonds. The summed E-state index contributed by atoms with van der Waals surface area (Å²) in [4.78, 5) is 16.5. The summed E-state index contributed by atoms with van der Waals surface area (Å²) in [5, 5.41) is 0. The molecule has 1 aliphatic rings. The van der Waals surface area contributed by atoms with E-state index in [0.29, 0.717) is 17.9 Å². The van der Waals surface area contributed by atoms with Gasteiger partial charge in [0.05, 0.1) is 5.69 Å². The summed E-state index contributed by atoms with van der Waals surface area (Å²) in [7, 11) is 0. The standard InChI is InChI=1S/C14H11F2N5/c15-13(16)10-3-9(10)12-4-11(8-5-17-7-18-6-8)20-14-19-1-2-21(12)14/h1-2,4-7,9-10,13H,3H2/t9-,10-/m0/s1. The van der Waals surface area contributed by atoms with Crippen molar-refractivity contribution < 1.29 is 8.78 Å².